The van der Waals surface area contributed by atoms with Gasteiger partial charge in [0.1, 0.15) is 11.5 Å². The fraction of sp³-hybridized carbons (Fsp3) is 0.222. The average molecular weight is 512 g/mol. The van der Waals surface area contributed by atoms with E-state index < -0.39 is 0 Å². The van der Waals surface area contributed by atoms with Gasteiger partial charge in [-0.05, 0) is 42.0 Å². The molecule has 1 amide bonds. The summed E-state index contributed by atoms with van der Waals surface area (Å²) >= 11 is 0. The second-order valence-electron chi connectivity index (χ2n) is 8.90. The number of rotatable bonds is 7. The fourth-order valence-corrected chi connectivity index (χ4v) is 4.34. The number of benzene rings is 2. The van der Waals surface area contributed by atoms with Crippen LogP contribution < -0.4 is 10.2 Å². The molecule has 4 heterocycles. The number of phenols is 1. The monoisotopic (exact) mass is 511 g/mol. The molecule has 2 aromatic carbocycles. The van der Waals surface area contributed by atoms with Crippen molar-refractivity contribution in [1.29, 1.82) is 0 Å². The summed E-state index contributed by atoms with van der Waals surface area (Å²) in [6.45, 7) is 3.30. The summed E-state index contributed by atoms with van der Waals surface area (Å²) < 4.78 is 12.5. The molecule has 1 fully saturated rings. The van der Waals surface area contributed by atoms with Gasteiger partial charge in [-0.15, -0.1) is 5.10 Å². The maximum Gasteiger partial charge on any atom is 0.251 e. The molecule has 0 atom stereocenters. The van der Waals surface area contributed by atoms with Gasteiger partial charge in [0, 0.05) is 24.2 Å². The first kappa shape index (κ1) is 23.6. The van der Waals surface area contributed by atoms with Crippen LogP contribution in [0.2, 0.25) is 0 Å². The van der Waals surface area contributed by atoms with Crippen LogP contribution in [-0.2, 0) is 17.8 Å². The average Bonchev–Trinajstić information content (AvgIpc) is 3.62. The molecule has 0 radical (unpaired) electrons. The third-order valence-electron chi connectivity index (χ3n) is 6.31. The van der Waals surface area contributed by atoms with Crippen molar-refractivity contribution in [3.63, 3.8) is 0 Å². The molecule has 11 heteroatoms. The number of nitrogens with zero attached hydrogens (tertiary/aromatic N) is 6. The number of aromatic hydroxyl groups is 1. The molecule has 0 aliphatic carbocycles. The maximum atomic E-state index is 12.5. The second kappa shape index (κ2) is 10.3. The van der Waals surface area contributed by atoms with Crippen LogP contribution in [0.25, 0.3) is 22.6 Å². The number of furan rings is 1. The topological polar surface area (TPSA) is 131 Å². The zero-order valence-electron chi connectivity index (χ0n) is 20.4. The smallest absolute Gasteiger partial charge is 0.251 e. The minimum absolute atomic E-state index is 0.138. The van der Waals surface area contributed by atoms with Crippen LogP contribution in [0.15, 0.2) is 71.3 Å². The van der Waals surface area contributed by atoms with Gasteiger partial charge >= 0.3 is 0 Å². The molecule has 1 aliphatic heterocycles. The Bertz CT molecular complexity index is 1560. The summed E-state index contributed by atoms with van der Waals surface area (Å²) in [5.41, 5.74) is 3.36. The summed E-state index contributed by atoms with van der Waals surface area (Å²) in [4.78, 5) is 24.2. The largest absolute Gasteiger partial charge is 0.508 e. The summed E-state index contributed by atoms with van der Waals surface area (Å²) in [6.07, 6.45) is 1.58. The standard InChI is InChI=1S/C27H25N7O4/c35-21-4-1-3-20(15-21)24-29-25(33-10-13-37-14-11-33)23-26(30-24)34(32-31-23)17-18-6-8-19(9-7-18)27(36)28-16-22-5-2-12-38-22/h1-9,12,15,35H,10-11,13-14,16-17H2,(H,28,36). The highest BCUT2D eigenvalue weighted by atomic mass is 16.5. The molecule has 0 spiro atoms. The van der Waals surface area contributed by atoms with Crippen molar-refractivity contribution in [3.05, 3.63) is 83.8 Å². The van der Waals surface area contributed by atoms with Crippen LogP contribution in [-0.4, -0.2) is 62.3 Å². The molecule has 5 aromatic rings. The summed E-state index contributed by atoms with van der Waals surface area (Å²) in [7, 11) is 0. The number of ether oxygens (including phenoxy) is 1. The minimum atomic E-state index is -0.183. The van der Waals surface area contributed by atoms with Crippen molar-refractivity contribution < 1.29 is 19.1 Å². The molecule has 192 valence electrons. The van der Waals surface area contributed by atoms with E-state index in [0.717, 1.165) is 5.56 Å². The molecule has 0 unspecified atom stereocenters. The Hall–Kier alpha value is -4.77. The Kier molecular flexibility index (Phi) is 6.40. The molecule has 1 aliphatic rings. The molecule has 0 saturated carbocycles. The van der Waals surface area contributed by atoms with Crippen molar-refractivity contribution in [3.8, 4) is 17.1 Å². The maximum absolute atomic E-state index is 12.5. The van der Waals surface area contributed by atoms with Gasteiger partial charge in [0.05, 0.1) is 32.6 Å². The van der Waals surface area contributed by atoms with Crippen LogP contribution in [0.1, 0.15) is 21.7 Å². The van der Waals surface area contributed by atoms with E-state index in [1.807, 2.05) is 24.3 Å². The number of carbonyl (C=O) groups excluding carboxylic acids is 1. The van der Waals surface area contributed by atoms with E-state index >= 15 is 0 Å². The van der Waals surface area contributed by atoms with Crippen LogP contribution in [0.3, 0.4) is 0 Å². The first-order valence-electron chi connectivity index (χ1n) is 12.3. The fourth-order valence-electron chi connectivity index (χ4n) is 4.34. The van der Waals surface area contributed by atoms with Crippen LogP contribution >= 0.6 is 0 Å². The molecule has 11 nitrogen and oxygen atoms in total. The molecule has 3 aromatic heterocycles. The lowest BCUT2D eigenvalue weighted by Gasteiger charge is -2.28. The van der Waals surface area contributed by atoms with Crippen molar-refractivity contribution in [2.45, 2.75) is 13.1 Å². The SMILES string of the molecule is O=C(NCc1ccco1)c1ccc(Cn2nnc3c(N4CCOCC4)nc(-c4cccc(O)c4)nc32)cc1. The van der Waals surface area contributed by atoms with Gasteiger partial charge in [-0.2, -0.15) is 0 Å². The van der Waals surface area contributed by atoms with Gasteiger partial charge in [0.25, 0.3) is 5.91 Å². The lowest BCUT2D eigenvalue weighted by Crippen LogP contribution is -2.37. The number of hydrogen-bond acceptors (Lipinski definition) is 9. The van der Waals surface area contributed by atoms with E-state index in [4.69, 9.17) is 19.1 Å². The highest BCUT2D eigenvalue weighted by molar-refractivity contribution is 5.94. The minimum Gasteiger partial charge on any atom is -0.508 e. The van der Waals surface area contributed by atoms with Crippen molar-refractivity contribution >= 4 is 22.9 Å². The quantitative estimate of drug-likeness (QED) is 0.338. The predicted molar refractivity (Wildman–Crippen MR) is 139 cm³/mol. The number of anilines is 1. The second-order valence-corrected chi connectivity index (χ2v) is 8.90. The molecule has 2 N–H and O–H groups in total. The predicted octanol–water partition coefficient (Wildman–Crippen LogP) is 3.00. The Balaban J connectivity index is 1.28. The first-order valence-corrected chi connectivity index (χ1v) is 12.3. The number of carbonyl (C=O) groups is 1. The number of fused-ring (bicyclic) bond motifs is 1. The van der Waals surface area contributed by atoms with Crippen LogP contribution in [0.4, 0.5) is 5.82 Å². The van der Waals surface area contributed by atoms with Gasteiger partial charge in [0.2, 0.25) is 0 Å². The van der Waals surface area contributed by atoms with E-state index in [2.05, 4.69) is 20.5 Å². The molecule has 38 heavy (non-hydrogen) atoms. The summed E-state index contributed by atoms with van der Waals surface area (Å²) in [6, 6.07) is 17.8. The zero-order valence-corrected chi connectivity index (χ0v) is 20.4. The van der Waals surface area contributed by atoms with E-state index in [-0.39, 0.29) is 11.7 Å². The van der Waals surface area contributed by atoms with Crippen LogP contribution in [0, 0.1) is 0 Å². The number of hydrogen-bond donors (Lipinski definition) is 2. The third kappa shape index (κ3) is 4.91. The Morgan fingerprint density at radius 2 is 1.87 bits per heavy atom. The number of aromatic nitrogens is 5. The number of nitrogens with one attached hydrogen (secondary N) is 1. The highest BCUT2D eigenvalue weighted by Gasteiger charge is 2.22. The normalized spacial score (nSPS) is 13.6. The van der Waals surface area contributed by atoms with E-state index in [1.165, 1.54) is 0 Å². The van der Waals surface area contributed by atoms with E-state index in [0.29, 0.717) is 79.1 Å². The number of phenolic OH excluding ortho intramolecular Hbond substituents is 1. The van der Waals surface area contributed by atoms with Gasteiger partial charge in [0.15, 0.2) is 22.8 Å². The third-order valence-corrected chi connectivity index (χ3v) is 6.31. The molecule has 0 bridgehead atoms. The molecular weight excluding hydrogens is 486 g/mol. The summed E-state index contributed by atoms with van der Waals surface area (Å²) in [5, 5.41) is 21.7. The molecule has 6 rings (SSSR count). The highest BCUT2D eigenvalue weighted by Crippen LogP contribution is 2.28. The Labute approximate surface area is 217 Å². The summed E-state index contributed by atoms with van der Waals surface area (Å²) in [5.74, 6) is 1.81. The Morgan fingerprint density at radius 1 is 1.03 bits per heavy atom. The zero-order chi connectivity index (χ0) is 25.9. The Morgan fingerprint density at radius 3 is 2.63 bits per heavy atom. The van der Waals surface area contributed by atoms with E-state index in [1.54, 1.807) is 47.3 Å². The van der Waals surface area contributed by atoms with Gasteiger partial charge < -0.3 is 24.5 Å². The number of morpholine rings is 1. The number of amides is 1. The van der Waals surface area contributed by atoms with Gasteiger partial charge in [-0.3, -0.25) is 4.79 Å². The lowest BCUT2D eigenvalue weighted by molar-refractivity contribution is 0.0948. The lowest BCUT2D eigenvalue weighted by atomic mass is 10.1. The van der Waals surface area contributed by atoms with Crippen molar-refractivity contribution in [2.75, 3.05) is 31.2 Å². The van der Waals surface area contributed by atoms with Gasteiger partial charge in [-0.1, -0.05) is 29.5 Å². The van der Waals surface area contributed by atoms with Crippen molar-refractivity contribution in [2.24, 2.45) is 0 Å². The van der Waals surface area contributed by atoms with E-state index in [9.17, 15) is 9.90 Å². The van der Waals surface area contributed by atoms with Crippen LogP contribution in [0.5, 0.6) is 5.75 Å². The van der Waals surface area contributed by atoms with Gasteiger partial charge in [-0.25, -0.2) is 14.6 Å². The van der Waals surface area contributed by atoms with Crippen molar-refractivity contribution in [1.82, 2.24) is 30.3 Å². The molecular formula is C27H25N7O4. The molecule has 1 saturated heterocycles. The first-order chi connectivity index (χ1) is 18.6.